The van der Waals surface area contributed by atoms with Gasteiger partial charge in [-0.3, -0.25) is 0 Å². The van der Waals surface area contributed by atoms with Crippen molar-refractivity contribution in [1.29, 1.82) is 0 Å². The molecule has 60 valence electrons. The molecule has 0 amide bonds. The molecule has 2 aromatic heterocycles. The van der Waals surface area contributed by atoms with Gasteiger partial charge in [0.2, 0.25) is 0 Å². The SMILES string of the molecule is O=C([O-])c1nc2ccccn2n1.[Li+]. The molecule has 0 radical (unpaired) electrons. The average Bonchev–Trinajstić information content (AvgIpc) is 2.46. The summed E-state index contributed by atoms with van der Waals surface area (Å²) in [5, 5.41) is 14.0. The van der Waals surface area contributed by atoms with Gasteiger partial charge in [0.1, 0.15) is 5.97 Å². The number of hydrogen-bond acceptors (Lipinski definition) is 4. The third kappa shape index (κ3) is 1.71. The molecule has 0 fully saturated rings. The van der Waals surface area contributed by atoms with E-state index in [0.717, 1.165) is 0 Å². The number of carbonyl (C=O) groups excluding carboxylic acids is 1. The zero-order chi connectivity index (χ0) is 8.55. The van der Waals surface area contributed by atoms with Crippen LogP contribution in [0, 0.1) is 0 Å². The fourth-order valence-corrected chi connectivity index (χ4v) is 0.918. The predicted octanol–water partition coefficient (Wildman–Crippen LogP) is -3.90. The van der Waals surface area contributed by atoms with E-state index in [0.29, 0.717) is 5.65 Å². The second-order valence-corrected chi connectivity index (χ2v) is 2.23. The number of aromatic carboxylic acids is 1. The molecule has 0 unspecified atom stereocenters. The molecule has 0 saturated heterocycles. The van der Waals surface area contributed by atoms with Crippen molar-refractivity contribution in [3.05, 3.63) is 30.2 Å². The van der Waals surface area contributed by atoms with Gasteiger partial charge in [-0.2, -0.15) is 0 Å². The summed E-state index contributed by atoms with van der Waals surface area (Å²) in [4.78, 5) is 14.0. The second kappa shape index (κ2) is 3.60. The number of carboxylic acids is 1. The first-order valence-corrected chi connectivity index (χ1v) is 3.30. The molecule has 0 aliphatic carbocycles. The van der Waals surface area contributed by atoms with Crippen molar-refractivity contribution in [2.45, 2.75) is 0 Å². The number of fused-ring (bicyclic) bond motifs is 1. The summed E-state index contributed by atoms with van der Waals surface area (Å²) in [6, 6.07) is 5.16. The Hall–Kier alpha value is -1.31. The Morgan fingerprint density at radius 2 is 2.23 bits per heavy atom. The maximum absolute atomic E-state index is 10.3. The Balaban J connectivity index is 0.000000845. The topological polar surface area (TPSA) is 70.3 Å². The van der Waals surface area contributed by atoms with E-state index in [4.69, 9.17) is 0 Å². The summed E-state index contributed by atoms with van der Waals surface area (Å²) in [5.74, 6) is -1.65. The Kier molecular flexibility index (Phi) is 2.71. The maximum atomic E-state index is 10.3. The monoisotopic (exact) mass is 169 g/mol. The fourth-order valence-electron chi connectivity index (χ4n) is 0.918. The number of nitrogens with zero attached hydrogens (tertiary/aromatic N) is 3. The number of hydrogen-bond donors (Lipinski definition) is 0. The van der Waals surface area contributed by atoms with Gasteiger partial charge in [0.05, 0.1) is 0 Å². The number of pyridine rings is 1. The van der Waals surface area contributed by atoms with Gasteiger partial charge in [0.25, 0.3) is 0 Å². The minimum atomic E-state index is -1.36. The van der Waals surface area contributed by atoms with Crippen LogP contribution in [0.5, 0.6) is 0 Å². The molecule has 2 heterocycles. The van der Waals surface area contributed by atoms with Crippen LogP contribution in [-0.4, -0.2) is 20.6 Å². The van der Waals surface area contributed by atoms with Crippen molar-refractivity contribution < 1.29 is 28.8 Å². The van der Waals surface area contributed by atoms with Gasteiger partial charge in [-0.05, 0) is 12.1 Å². The minimum Gasteiger partial charge on any atom is -0.541 e. The molecule has 0 aliphatic heterocycles. The van der Waals surface area contributed by atoms with Gasteiger partial charge >= 0.3 is 18.9 Å². The Morgan fingerprint density at radius 3 is 2.85 bits per heavy atom. The van der Waals surface area contributed by atoms with Gasteiger partial charge in [0, 0.05) is 6.20 Å². The number of rotatable bonds is 1. The van der Waals surface area contributed by atoms with Crippen molar-refractivity contribution in [2.24, 2.45) is 0 Å². The minimum absolute atomic E-state index is 0. The molecule has 2 rings (SSSR count). The van der Waals surface area contributed by atoms with E-state index in [2.05, 4.69) is 10.1 Å². The van der Waals surface area contributed by atoms with Crippen molar-refractivity contribution in [2.75, 3.05) is 0 Å². The van der Waals surface area contributed by atoms with Crippen LogP contribution < -0.4 is 24.0 Å². The molecule has 0 aliphatic rings. The molecule has 5 nitrogen and oxygen atoms in total. The molecule has 0 aromatic carbocycles. The zero-order valence-electron chi connectivity index (χ0n) is 6.97. The first-order chi connectivity index (χ1) is 5.77. The molecule has 13 heavy (non-hydrogen) atoms. The van der Waals surface area contributed by atoms with Crippen molar-refractivity contribution in [3.63, 3.8) is 0 Å². The van der Waals surface area contributed by atoms with Gasteiger partial charge < -0.3 is 9.90 Å². The van der Waals surface area contributed by atoms with Gasteiger partial charge in [-0.25, -0.2) is 9.50 Å². The van der Waals surface area contributed by atoms with Crippen LogP contribution >= 0.6 is 0 Å². The number of carboxylic acid groups (broad SMARTS) is 1. The zero-order valence-corrected chi connectivity index (χ0v) is 6.97. The molecule has 6 heteroatoms. The summed E-state index contributed by atoms with van der Waals surface area (Å²) in [6.45, 7) is 0. The Morgan fingerprint density at radius 1 is 1.46 bits per heavy atom. The summed E-state index contributed by atoms with van der Waals surface area (Å²) < 4.78 is 1.38. The first kappa shape index (κ1) is 9.77. The van der Waals surface area contributed by atoms with E-state index in [-0.39, 0.29) is 24.7 Å². The number of aromatic nitrogens is 3. The van der Waals surface area contributed by atoms with Crippen LogP contribution in [0.4, 0.5) is 0 Å². The molecule has 0 bridgehead atoms. The van der Waals surface area contributed by atoms with Crippen LogP contribution in [0.2, 0.25) is 0 Å². The molecule has 2 aromatic rings. The molecular weight excluding hydrogens is 165 g/mol. The molecule has 0 atom stereocenters. The van der Waals surface area contributed by atoms with Crippen LogP contribution in [-0.2, 0) is 0 Å². The van der Waals surface area contributed by atoms with Crippen LogP contribution in [0.25, 0.3) is 5.65 Å². The van der Waals surface area contributed by atoms with E-state index in [1.165, 1.54) is 4.52 Å². The third-order valence-electron chi connectivity index (χ3n) is 1.42. The van der Waals surface area contributed by atoms with Crippen LogP contribution in [0.1, 0.15) is 10.6 Å². The molecule has 0 spiro atoms. The van der Waals surface area contributed by atoms with E-state index in [1.54, 1.807) is 24.4 Å². The van der Waals surface area contributed by atoms with E-state index < -0.39 is 5.97 Å². The summed E-state index contributed by atoms with van der Waals surface area (Å²) in [6.07, 6.45) is 1.62. The average molecular weight is 169 g/mol. The summed E-state index contributed by atoms with van der Waals surface area (Å²) in [5.41, 5.74) is 0.497. The van der Waals surface area contributed by atoms with Crippen molar-refractivity contribution >= 4 is 11.6 Å². The predicted molar refractivity (Wildman–Crippen MR) is 37.3 cm³/mol. The van der Waals surface area contributed by atoms with E-state index >= 15 is 0 Å². The Labute approximate surface area is 85.6 Å². The number of carbonyl (C=O) groups is 1. The standard InChI is InChI=1S/C7H5N3O2.Li/c11-7(12)6-8-5-3-1-2-4-10(5)9-6;/h1-4H,(H,11,12);/q;+1/p-1. The fraction of sp³-hybridized carbons (Fsp3) is 0. The maximum Gasteiger partial charge on any atom is 1.00 e. The van der Waals surface area contributed by atoms with E-state index in [1.807, 2.05) is 0 Å². The van der Waals surface area contributed by atoms with Gasteiger partial charge in [-0.15, -0.1) is 5.10 Å². The van der Waals surface area contributed by atoms with Crippen molar-refractivity contribution in [3.8, 4) is 0 Å². The summed E-state index contributed by atoms with van der Waals surface area (Å²) in [7, 11) is 0. The smallest absolute Gasteiger partial charge is 0.541 e. The molecular formula is C7H4LiN3O2. The second-order valence-electron chi connectivity index (χ2n) is 2.23. The van der Waals surface area contributed by atoms with Gasteiger partial charge in [-0.1, -0.05) is 6.07 Å². The largest absolute Gasteiger partial charge is 1.00 e. The quantitative estimate of drug-likeness (QED) is 0.409. The van der Waals surface area contributed by atoms with Crippen molar-refractivity contribution in [1.82, 2.24) is 14.6 Å². The summed E-state index contributed by atoms with van der Waals surface area (Å²) >= 11 is 0. The molecule has 0 N–H and O–H groups in total. The third-order valence-corrected chi connectivity index (χ3v) is 1.42. The molecule has 0 saturated carbocycles. The van der Waals surface area contributed by atoms with Crippen LogP contribution in [0.3, 0.4) is 0 Å². The Bertz CT molecular complexity index is 407. The van der Waals surface area contributed by atoms with E-state index in [9.17, 15) is 9.90 Å². The normalized spacial score (nSPS) is 9.54. The van der Waals surface area contributed by atoms with Gasteiger partial charge in [0.15, 0.2) is 11.5 Å². The van der Waals surface area contributed by atoms with Crippen LogP contribution in [0.15, 0.2) is 24.4 Å². The first-order valence-electron chi connectivity index (χ1n) is 3.30.